The van der Waals surface area contributed by atoms with Gasteiger partial charge in [0, 0.05) is 11.1 Å². The minimum atomic E-state index is -0.468. The molecule has 0 saturated heterocycles. The Morgan fingerprint density at radius 1 is 0.706 bits per heavy atom. The molecule has 0 heterocycles. The molecule has 34 heavy (non-hydrogen) atoms. The maximum atomic E-state index is 13.7. The van der Waals surface area contributed by atoms with Gasteiger partial charge in [-0.05, 0) is 51.9 Å². The van der Waals surface area contributed by atoms with Crippen LogP contribution < -0.4 is 21.3 Å². The molecule has 0 saturated carbocycles. The third-order valence-electron chi connectivity index (χ3n) is 5.78. The maximum Gasteiger partial charge on any atom is 0.241 e. The zero-order valence-corrected chi connectivity index (χ0v) is 20.1. The first-order chi connectivity index (χ1) is 16.3. The predicted octanol–water partition coefficient (Wildman–Crippen LogP) is 3.12. The Hall–Kier alpha value is -3.36. The second kappa shape index (κ2) is 11.2. The van der Waals surface area contributed by atoms with Crippen LogP contribution in [0.3, 0.4) is 0 Å². The van der Waals surface area contributed by atoms with Crippen LogP contribution in [0.1, 0.15) is 72.4 Å². The topological polar surface area (TPSA) is 116 Å². The van der Waals surface area contributed by atoms with Crippen LogP contribution in [-0.4, -0.2) is 48.6 Å². The largest absolute Gasteiger partial charge is 0.324 e. The van der Waals surface area contributed by atoms with E-state index in [4.69, 9.17) is 0 Å². The minimum absolute atomic E-state index is 0.134. The normalized spacial score (nSPS) is 14.1. The van der Waals surface area contributed by atoms with Gasteiger partial charge in [-0.3, -0.25) is 19.2 Å². The van der Waals surface area contributed by atoms with Gasteiger partial charge in [-0.15, -0.1) is 0 Å². The fourth-order valence-electron chi connectivity index (χ4n) is 3.84. The molecule has 0 radical (unpaired) electrons. The van der Waals surface area contributed by atoms with Gasteiger partial charge in [0.25, 0.3) is 0 Å². The summed E-state index contributed by atoms with van der Waals surface area (Å²) in [7, 11) is 0. The molecule has 4 N–H and O–H groups in total. The van der Waals surface area contributed by atoms with Gasteiger partial charge in [0.2, 0.25) is 11.8 Å². The molecule has 1 aliphatic rings. The molecule has 8 nitrogen and oxygen atoms in total. The van der Waals surface area contributed by atoms with Crippen molar-refractivity contribution in [3.63, 3.8) is 0 Å². The predicted molar refractivity (Wildman–Crippen MR) is 133 cm³/mol. The highest BCUT2D eigenvalue weighted by atomic mass is 16.2. The van der Waals surface area contributed by atoms with E-state index in [1.807, 2.05) is 13.8 Å². The molecule has 2 atom stereocenters. The summed E-state index contributed by atoms with van der Waals surface area (Å²) in [5.74, 6) is -1.35. The van der Waals surface area contributed by atoms with E-state index in [9.17, 15) is 19.2 Å². The molecule has 0 bridgehead atoms. The van der Waals surface area contributed by atoms with E-state index >= 15 is 0 Å². The van der Waals surface area contributed by atoms with E-state index in [1.165, 1.54) is 0 Å². The summed E-state index contributed by atoms with van der Waals surface area (Å²) in [4.78, 5) is 52.3. The number of ketones is 2. The third kappa shape index (κ3) is 5.24. The number of hydrogen-bond acceptors (Lipinski definition) is 6. The molecular weight excluding hydrogens is 432 g/mol. The van der Waals surface area contributed by atoms with E-state index in [0.29, 0.717) is 13.1 Å². The number of benzene rings is 2. The Morgan fingerprint density at radius 3 is 1.50 bits per heavy atom. The number of carbonyl (C=O) groups is 4. The Bertz CT molecular complexity index is 1030. The average Bonchev–Trinajstić information content (AvgIpc) is 2.83. The number of fused-ring (bicyclic) bond motifs is 2. The Balaban J connectivity index is 1.95. The van der Waals surface area contributed by atoms with Crippen LogP contribution in [0.25, 0.3) is 0 Å². The van der Waals surface area contributed by atoms with Gasteiger partial charge in [-0.2, -0.15) is 0 Å². The monoisotopic (exact) mass is 464 g/mol. The summed E-state index contributed by atoms with van der Waals surface area (Å²) in [5, 5.41) is 11.8. The first-order valence-corrected chi connectivity index (χ1v) is 11.7. The lowest BCUT2D eigenvalue weighted by Gasteiger charge is -2.24. The molecule has 0 spiro atoms. The molecule has 2 amide bonds. The van der Waals surface area contributed by atoms with E-state index in [1.54, 1.807) is 50.2 Å². The van der Waals surface area contributed by atoms with Crippen LogP contribution in [0.5, 0.6) is 0 Å². The van der Waals surface area contributed by atoms with Gasteiger partial charge in [0.1, 0.15) is 0 Å². The maximum absolute atomic E-state index is 13.7. The molecule has 0 fully saturated rings. The van der Waals surface area contributed by atoms with Crippen LogP contribution in [0, 0.1) is 0 Å². The summed E-state index contributed by atoms with van der Waals surface area (Å²) in [6, 6.07) is 8.72. The van der Waals surface area contributed by atoms with Gasteiger partial charge >= 0.3 is 0 Å². The molecule has 8 heteroatoms. The summed E-state index contributed by atoms with van der Waals surface area (Å²) in [6.45, 7) is 8.85. The van der Waals surface area contributed by atoms with Gasteiger partial charge in [0.05, 0.1) is 34.6 Å². The van der Waals surface area contributed by atoms with Crippen molar-refractivity contribution in [2.45, 2.75) is 52.6 Å². The van der Waals surface area contributed by atoms with Gasteiger partial charge in [-0.1, -0.05) is 38.1 Å². The fourth-order valence-corrected chi connectivity index (χ4v) is 3.84. The Morgan fingerprint density at radius 2 is 1.12 bits per heavy atom. The Kier molecular flexibility index (Phi) is 8.31. The molecule has 2 aromatic carbocycles. The highest BCUT2D eigenvalue weighted by molar-refractivity contribution is 6.32. The first-order valence-electron chi connectivity index (χ1n) is 11.7. The van der Waals surface area contributed by atoms with Crippen LogP contribution in [0.2, 0.25) is 0 Å². The van der Waals surface area contributed by atoms with E-state index < -0.39 is 17.9 Å². The van der Waals surface area contributed by atoms with Crippen molar-refractivity contribution in [3.05, 3.63) is 58.7 Å². The molecule has 1 aliphatic carbocycles. The summed E-state index contributed by atoms with van der Waals surface area (Å²) >= 11 is 0. The van der Waals surface area contributed by atoms with Crippen molar-refractivity contribution in [1.29, 1.82) is 0 Å². The van der Waals surface area contributed by atoms with Gasteiger partial charge < -0.3 is 21.3 Å². The molecule has 2 aromatic rings. The van der Waals surface area contributed by atoms with Crippen LogP contribution in [0.4, 0.5) is 11.4 Å². The van der Waals surface area contributed by atoms with E-state index in [-0.39, 0.29) is 51.2 Å². The van der Waals surface area contributed by atoms with Crippen LogP contribution in [0.15, 0.2) is 36.4 Å². The standard InChI is InChI=1S/C26H32N4O4/c1-5-13-27-15(3)25(33)29-19-11-7-9-17-21(19)24(32)22-18(23(17)31)10-8-12-20(22)30-26(34)16(4)28-14-6-2/h7-12,15-16,27-28H,5-6,13-14H2,1-4H3,(H,29,33)(H,30,34). The van der Waals surface area contributed by atoms with Crippen molar-refractivity contribution < 1.29 is 19.2 Å². The minimum Gasteiger partial charge on any atom is -0.324 e. The van der Waals surface area contributed by atoms with Crippen molar-refractivity contribution in [1.82, 2.24) is 10.6 Å². The van der Waals surface area contributed by atoms with Crippen molar-refractivity contribution >= 4 is 34.8 Å². The third-order valence-corrected chi connectivity index (χ3v) is 5.78. The number of rotatable bonds is 10. The highest BCUT2D eigenvalue weighted by Gasteiger charge is 2.34. The number of nitrogens with one attached hydrogen (secondary N) is 4. The van der Waals surface area contributed by atoms with E-state index in [2.05, 4.69) is 21.3 Å². The van der Waals surface area contributed by atoms with Crippen molar-refractivity contribution in [2.24, 2.45) is 0 Å². The Labute approximate surface area is 199 Å². The smallest absolute Gasteiger partial charge is 0.241 e. The number of amides is 2. The lowest BCUT2D eigenvalue weighted by molar-refractivity contribution is -0.118. The van der Waals surface area contributed by atoms with Crippen molar-refractivity contribution in [3.8, 4) is 0 Å². The summed E-state index contributed by atoms with van der Waals surface area (Å²) < 4.78 is 0. The summed E-state index contributed by atoms with van der Waals surface area (Å²) in [6.07, 6.45) is 1.76. The molecule has 3 rings (SSSR count). The highest BCUT2D eigenvalue weighted by Crippen LogP contribution is 2.35. The van der Waals surface area contributed by atoms with E-state index in [0.717, 1.165) is 12.8 Å². The first kappa shape index (κ1) is 25.3. The second-order valence-corrected chi connectivity index (χ2v) is 8.44. The number of hydrogen-bond donors (Lipinski definition) is 4. The quantitative estimate of drug-likeness (QED) is 0.366. The molecule has 0 aromatic heterocycles. The number of carbonyl (C=O) groups excluding carboxylic acids is 4. The number of anilines is 2. The zero-order valence-electron chi connectivity index (χ0n) is 20.1. The van der Waals surface area contributed by atoms with Crippen LogP contribution in [-0.2, 0) is 9.59 Å². The average molecular weight is 465 g/mol. The lowest BCUT2D eigenvalue weighted by atomic mass is 9.82. The van der Waals surface area contributed by atoms with Gasteiger partial charge in [0.15, 0.2) is 11.6 Å². The van der Waals surface area contributed by atoms with Gasteiger partial charge in [-0.25, -0.2) is 0 Å². The molecule has 0 aliphatic heterocycles. The fraction of sp³-hybridized carbons (Fsp3) is 0.385. The lowest BCUT2D eigenvalue weighted by Crippen LogP contribution is -2.39. The van der Waals surface area contributed by atoms with Crippen molar-refractivity contribution in [2.75, 3.05) is 23.7 Å². The molecule has 2 unspecified atom stereocenters. The molecule has 180 valence electrons. The summed E-state index contributed by atoms with van der Waals surface area (Å²) in [5.41, 5.74) is 1.27. The second-order valence-electron chi connectivity index (χ2n) is 8.44. The molecular formula is C26H32N4O4. The SMILES string of the molecule is CCCNC(C)C(=O)Nc1cccc2c1C(=O)c1c(NC(=O)C(C)NCCC)cccc1C2=O. The van der Waals surface area contributed by atoms with Crippen LogP contribution >= 0.6 is 0 Å². The zero-order chi connectivity index (χ0) is 24.8.